The van der Waals surface area contributed by atoms with Gasteiger partial charge in [0.1, 0.15) is 5.82 Å². The SMILES string of the molecule is O=C(NCC1CCN(c2nc3ccccc3s2)CC1)c1ccccc1F. The second-order valence-corrected chi connectivity index (χ2v) is 7.59. The topological polar surface area (TPSA) is 45.2 Å². The van der Waals surface area contributed by atoms with E-state index in [1.165, 1.54) is 16.8 Å². The number of benzene rings is 2. The lowest BCUT2D eigenvalue weighted by molar-refractivity contribution is 0.0941. The minimum absolute atomic E-state index is 0.111. The molecule has 0 atom stereocenters. The van der Waals surface area contributed by atoms with E-state index in [-0.39, 0.29) is 11.5 Å². The molecule has 134 valence electrons. The van der Waals surface area contributed by atoms with E-state index in [2.05, 4.69) is 16.3 Å². The van der Waals surface area contributed by atoms with Crippen molar-refractivity contribution in [1.29, 1.82) is 0 Å². The summed E-state index contributed by atoms with van der Waals surface area (Å²) in [6.07, 6.45) is 1.99. The maximum Gasteiger partial charge on any atom is 0.254 e. The molecule has 1 N–H and O–H groups in total. The van der Waals surface area contributed by atoms with Crippen LogP contribution >= 0.6 is 11.3 Å². The van der Waals surface area contributed by atoms with Gasteiger partial charge in [0.05, 0.1) is 15.8 Å². The molecule has 4 nitrogen and oxygen atoms in total. The molecule has 0 saturated carbocycles. The van der Waals surface area contributed by atoms with Gasteiger partial charge in [-0.05, 0) is 43.0 Å². The maximum absolute atomic E-state index is 13.7. The molecule has 2 aromatic carbocycles. The number of hydrogen-bond donors (Lipinski definition) is 1. The molecule has 3 aromatic rings. The van der Waals surface area contributed by atoms with Crippen LogP contribution in [0.3, 0.4) is 0 Å². The van der Waals surface area contributed by atoms with Crippen LogP contribution in [0.2, 0.25) is 0 Å². The number of nitrogens with one attached hydrogen (secondary N) is 1. The second-order valence-electron chi connectivity index (χ2n) is 6.58. The van der Waals surface area contributed by atoms with Gasteiger partial charge < -0.3 is 10.2 Å². The van der Waals surface area contributed by atoms with E-state index >= 15 is 0 Å². The number of nitrogens with zero attached hydrogens (tertiary/aromatic N) is 2. The number of aromatic nitrogens is 1. The molecule has 2 heterocycles. The van der Waals surface area contributed by atoms with Gasteiger partial charge in [-0.1, -0.05) is 35.6 Å². The molecule has 1 aliphatic heterocycles. The van der Waals surface area contributed by atoms with Gasteiger partial charge in [-0.2, -0.15) is 0 Å². The van der Waals surface area contributed by atoms with Crippen LogP contribution < -0.4 is 10.2 Å². The summed E-state index contributed by atoms with van der Waals surface area (Å²) in [5.41, 5.74) is 1.16. The minimum atomic E-state index is -0.476. The van der Waals surface area contributed by atoms with Gasteiger partial charge in [-0.15, -0.1) is 0 Å². The molecule has 0 radical (unpaired) electrons. The maximum atomic E-state index is 13.7. The Labute approximate surface area is 155 Å². The summed E-state index contributed by atoms with van der Waals surface area (Å²) in [7, 11) is 0. The van der Waals surface area contributed by atoms with Crippen molar-refractivity contribution < 1.29 is 9.18 Å². The zero-order valence-electron chi connectivity index (χ0n) is 14.3. The molecule has 0 bridgehead atoms. The summed E-state index contributed by atoms with van der Waals surface area (Å²) < 4.78 is 14.9. The Bertz CT molecular complexity index is 885. The highest BCUT2D eigenvalue weighted by molar-refractivity contribution is 7.22. The lowest BCUT2D eigenvalue weighted by atomic mass is 9.97. The van der Waals surface area contributed by atoms with Crippen LogP contribution in [-0.2, 0) is 0 Å². The number of amides is 1. The summed E-state index contributed by atoms with van der Waals surface area (Å²) in [6.45, 7) is 2.45. The molecule has 26 heavy (non-hydrogen) atoms. The zero-order valence-corrected chi connectivity index (χ0v) is 15.1. The summed E-state index contributed by atoms with van der Waals surface area (Å²) in [6, 6.07) is 14.3. The summed E-state index contributed by atoms with van der Waals surface area (Å²) >= 11 is 1.73. The molecule has 1 saturated heterocycles. The number of piperidine rings is 1. The van der Waals surface area contributed by atoms with Gasteiger partial charge in [0.15, 0.2) is 5.13 Å². The highest BCUT2D eigenvalue weighted by Gasteiger charge is 2.22. The molecule has 1 aliphatic rings. The Morgan fingerprint density at radius 1 is 1.15 bits per heavy atom. The van der Waals surface area contributed by atoms with Gasteiger partial charge >= 0.3 is 0 Å². The van der Waals surface area contributed by atoms with Crippen molar-refractivity contribution in [2.45, 2.75) is 12.8 Å². The summed E-state index contributed by atoms with van der Waals surface area (Å²) in [5, 5.41) is 3.94. The molecule has 1 fully saturated rings. The van der Waals surface area contributed by atoms with E-state index in [0.29, 0.717) is 12.5 Å². The number of para-hydroxylation sites is 1. The van der Waals surface area contributed by atoms with Crippen LogP contribution in [0.5, 0.6) is 0 Å². The highest BCUT2D eigenvalue weighted by atomic mass is 32.1. The fraction of sp³-hybridized carbons (Fsp3) is 0.300. The number of carbonyl (C=O) groups is 1. The van der Waals surface area contributed by atoms with Crippen molar-refractivity contribution in [1.82, 2.24) is 10.3 Å². The molecular formula is C20H20FN3OS. The Morgan fingerprint density at radius 2 is 1.88 bits per heavy atom. The van der Waals surface area contributed by atoms with Crippen LogP contribution in [0.25, 0.3) is 10.2 Å². The molecule has 4 rings (SSSR count). The second kappa shape index (κ2) is 7.41. The van der Waals surface area contributed by atoms with Crippen molar-refractivity contribution in [3.8, 4) is 0 Å². The largest absolute Gasteiger partial charge is 0.352 e. The third-order valence-corrected chi connectivity index (χ3v) is 5.93. The number of anilines is 1. The van der Waals surface area contributed by atoms with E-state index < -0.39 is 5.82 Å². The van der Waals surface area contributed by atoms with Gasteiger partial charge in [-0.25, -0.2) is 9.37 Å². The third-order valence-electron chi connectivity index (χ3n) is 4.84. The monoisotopic (exact) mass is 369 g/mol. The Kier molecular flexibility index (Phi) is 4.84. The number of carbonyl (C=O) groups excluding carboxylic acids is 1. The third kappa shape index (κ3) is 3.55. The van der Waals surface area contributed by atoms with Crippen molar-refractivity contribution in [3.05, 3.63) is 59.9 Å². The van der Waals surface area contributed by atoms with Crippen LogP contribution in [0.4, 0.5) is 9.52 Å². The predicted octanol–water partition coefficient (Wildman–Crippen LogP) is 4.08. The Hall–Kier alpha value is -2.47. The van der Waals surface area contributed by atoms with Crippen LogP contribution in [0.1, 0.15) is 23.2 Å². The molecule has 6 heteroatoms. The van der Waals surface area contributed by atoms with Crippen molar-refractivity contribution >= 4 is 32.6 Å². The number of fused-ring (bicyclic) bond motifs is 1. The average Bonchev–Trinajstić information content (AvgIpc) is 3.11. The molecule has 1 amide bonds. The van der Waals surface area contributed by atoms with Crippen molar-refractivity contribution in [2.24, 2.45) is 5.92 Å². The molecular weight excluding hydrogens is 349 g/mol. The van der Waals surface area contributed by atoms with E-state index in [9.17, 15) is 9.18 Å². The Morgan fingerprint density at radius 3 is 2.65 bits per heavy atom. The van der Waals surface area contributed by atoms with E-state index in [0.717, 1.165) is 36.6 Å². The van der Waals surface area contributed by atoms with E-state index in [1.807, 2.05) is 18.2 Å². The highest BCUT2D eigenvalue weighted by Crippen LogP contribution is 2.31. The molecule has 1 aromatic heterocycles. The smallest absolute Gasteiger partial charge is 0.254 e. The van der Waals surface area contributed by atoms with Gasteiger partial charge in [0.25, 0.3) is 5.91 Å². The van der Waals surface area contributed by atoms with Crippen LogP contribution in [0.15, 0.2) is 48.5 Å². The van der Waals surface area contributed by atoms with Crippen molar-refractivity contribution in [3.63, 3.8) is 0 Å². The summed E-state index contributed by atoms with van der Waals surface area (Å²) in [4.78, 5) is 19.2. The number of halogens is 1. The van der Waals surface area contributed by atoms with Gasteiger partial charge in [0, 0.05) is 19.6 Å². The first-order valence-corrected chi connectivity index (χ1v) is 9.65. The molecule has 0 unspecified atom stereocenters. The standard InChI is InChI=1S/C20H20FN3OS/c21-16-6-2-1-5-15(16)19(25)22-13-14-9-11-24(12-10-14)20-23-17-7-3-4-8-18(17)26-20/h1-8,14H,9-13H2,(H,22,25). The quantitative estimate of drug-likeness (QED) is 0.754. The lowest BCUT2D eigenvalue weighted by Crippen LogP contribution is -2.38. The van der Waals surface area contributed by atoms with Gasteiger partial charge in [-0.3, -0.25) is 4.79 Å². The van der Waals surface area contributed by atoms with Crippen molar-refractivity contribution in [2.75, 3.05) is 24.5 Å². The lowest BCUT2D eigenvalue weighted by Gasteiger charge is -2.31. The number of hydrogen-bond acceptors (Lipinski definition) is 4. The fourth-order valence-corrected chi connectivity index (χ4v) is 4.32. The predicted molar refractivity (Wildman–Crippen MR) is 103 cm³/mol. The minimum Gasteiger partial charge on any atom is -0.352 e. The first kappa shape index (κ1) is 17.0. The average molecular weight is 369 g/mol. The normalized spacial score (nSPS) is 15.3. The first-order valence-electron chi connectivity index (χ1n) is 8.84. The van der Waals surface area contributed by atoms with E-state index in [4.69, 9.17) is 4.98 Å². The molecule has 0 spiro atoms. The molecule has 0 aliphatic carbocycles. The fourth-order valence-electron chi connectivity index (χ4n) is 3.30. The van der Waals surface area contributed by atoms with Gasteiger partial charge in [0.2, 0.25) is 0 Å². The van der Waals surface area contributed by atoms with Crippen LogP contribution in [0, 0.1) is 11.7 Å². The van der Waals surface area contributed by atoms with E-state index in [1.54, 1.807) is 23.5 Å². The Balaban J connectivity index is 1.31. The summed E-state index contributed by atoms with van der Waals surface area (Å²) in [5.74, 6) is -0.399. The number of rotatable bonds is 4. The number of thiazole rings is 1. The van der Waals surface area contributed by atoms with Crippen LogP contribution in [-0.4, -0.2) is 30.5 Å². The first-order chi connectivity index (χ1) is 12.7. The zero-order chi connectivity index (χ0) is 17.9.